The number of aliphatic hydroxyl groups is 2. The maximum atomic E-state index is 12.8. The number of para-hydroxylation sites is 1. The molecule has 1 fully saturated rings. The third kappa shape index (κ3) is 10.2. The molecule has 6 aromatic carbocycles. The Bertz CT molecular complexity index is 2200. The summed E-state index contributed by atoms with van der Waals surface area (Å²) in [5, 5.41) is 26.7. The maximum absolute atomic E-state index is 12.8. The van der Waals surface area contributed by atoms with Crippen LogP contribution in [-0.2, 0) is 22.6 Å². The Morgan fingerprint density at radius 1 is 0.741 bits per heavy atom. The summed E-state index contributed by atoms with van der Waals surface area (Å²) >= 11 is 0. The van der Waals surface area contributed by atoms with Crippen LogP contribution in [0.25, 0.3) is 11.1 Å². The highest BCUT2D eigenvalue weighted by Crippen LogP contribution is 2.42. The maximum Gasteiger partial charge on any atom is 0.319 e. The zero-order valence-corrected chi connectivity index (χ0v) is 33.1. The van der Waals surface area contributed by atoms with Crippen molar-refractivity contribution >= 4 is 11.7 Å². The number of nitrogens with one attached hydrogen (secondary N) is 2. The number of carbonyl (C=O) groups excluding carboxylic acids is 1. The second-order valence-electron chi connectivity index (χ2n) is 14.9. The van der Waals surface area contributed by atoms with Gasteiger partial charge in [-0.2, -0.15) is 0 Å². The number of benzene rings is 6. The molecule has 1 aliphatic heterocycles. The third-order valence-corrected chi connectivity index (χ3v) is 10.9. The molecule has 298 valence electrons. The number of ether oxygens (including phenoxy) is 3. The van der Waals surface area contributed by atoms with Crippen molar-refractivity contribution in [2.24, 2.45) is 5.92 Å². The lowest BCUT2D eigenvalue weighted by molar-refractivity contribution is -0.276. The van der Waals surface area contributed by atoms with E-state index in [0.29, 0.717) is 24.5 Å². The van der Waals surface area contributed by atoms with E-state index in [-0.39, 0.29) is 36.8 Å². The summed E-state index contributed by atoms with van der Waals surface area (Å²) in [6, 6.07) is 50.3. The molecule has 58 heavy (non-hydrogen) atoms. The monoisotopic (exact) mass is 777 g/mol. The molecule has 9 nitrogen and oxygen atoms in total. The number of aliphatic hydroxyl groups excluding tert-OH is 2. The molecule has 2 amide bonds. The molecule has 1 saturated heterocycles. The van der Waals surface area contributed by atoms with Crippen LogP contribution in [0.5, 0.6) is 11.5 Å². The van der Waals surface area contributed by atoms with Gasteiger partial charge in [-0.3, -0.25) is 4.90 Å². The van der Waals surface area contributed by atoms with Crippen LogP contribution in [0.2, 0.25) is 0 Å². The number of rotatable bonds is 14. The van der Waals surface area contributed by atoms with Crippen LogP contribution in [0.1, 0.15) is 60.2 Å². The number of anilines is 1. The molecular formula is C49H51N3O6. The van der Waals surface area contributed by atoms with Gasteiger partial charge in [-0.1, -0.05) is 122 Å². The Morgan fingerprint density at radius 3 is 2.09 bits per heavy atom. The Morgan fingerprint density at radius 2 is 1.40 bits per heavy atom. The quantitative estimate of drug-likeness (QED) is 0.0872. The first-order valence-corrected chi connectivity index (χ1v) is 19.7. The van der Waals surface area contributed by atoms with Crippen molar-refractivity contribution in [3.63, 3.8) is 0 Å². The molecule has 0 unspecified atom stereocenters. The number of nitrogens with zero attached hydrogens (tertiary/aromatic N) is 1. The van der Waals surface area contributed by atoms with E-state index in [4.69, 9.17) is 14.2 Å². The molecule has 0 saturated carbocycles. The molecule has 0 aliphatic carbocycles. The van der Waals surface area contributed by atoms with Crippen LogP contribution in [0.15, 0.2) is 158 Å². The Hall–Kier alpha value is -5.81. The number of hydrogen-bond donors (Lipinski definition) is 4. The molecule has 0 spiro atoms. The van der Waals surface area contributed by atoms with E-state index < -0.39 is 12.4 Å². The number of urea groups is 1. The average Bonchev–Trinajstić information content (AvgIpc) is 3.27. The van der Waals surface area contributed by atoms with Crippen molar-refractivity contribution in [3.05, 3.63) is 186 Å². The minimum absolute atomic E-state index is 0.00229. The van der Waals surface area contributed by atoms with Gasteiger partial charge >= 0.3 is 6.03 Å². The highest BCUT2D eigenvalue weighted by Gasteiger charge is 2.39. The Balaban J connectivity index is 0.999. The smallest absolute Gasteiger partial charge is 0.319 e. The molecule has 7 rings (SSSR count). The second kappa shape index (κ2) is 19.1. The van der Waals surface area contributed by atoms with Crippen LogP contribution in [0, 0.1) is 5.92 Å². The summed E-state index contributed by atoms with van der Waals surface area (Å²) in [6.45, 7) is 5.10. The van der Waals surface area contributed by atoms with E-state index in [9.17, 15) is 15.0 Å². The van der Waals surface area contributed by atoms with E-state index in [2.05, 4.69) is 46.7 Å². The molecular weight excluding hydrogens is 727 g/mol. The normalized spacial score (nSPS) is 18.9. The number of amides is 2. The van der Waals surface area contributed by atoms with Crippen molar-refractivity contribution in [1.82, 2.24) is 10.2 Å². The fourth-order valence-corrected chi connectivity index (χ4v) is 7.23. The zero-order chi connectivity index (χ0) is 40.4. The molecule has 1 aliphatic rings. The SMILES string of the molecule is C[C@@H]1[C@H](CN(C)[C@@H](C)[C@H](O)c2ccccc2)O[C@H](c2ccc(-c3cccc(CNC(=O)Nc4ccc(Oc5ccccc5)cc4)c3)cc2)O[C@@H]1c1ccc(CO)cc1. The van der Waals surface area contributed by atoms with Crippen LogP contribution in [0.4, 0.5) is 10.5 Å². The Labute approximate surface area is 340 Å². The van der Waals surface area contributed by atoms with Gasteiger partial charge in [0.2, 0.25) is 0 Å². The van der Waals surface area contributed by atoms with E-state index >= 15 is 0 Å². The topological polar surface area (TPSA) is 113 Å². The van der Waals surface area contributed by atoms with Gasteiger partial charge in [-0.25, -0.2) is 4.79 Å². The highest BCUT2D eigenvalue weighted by molar-refractivity contribution is 5.89. The lowest BCUT2D eigenvalue weighted by Gasteiger charge is -2.43. The fourth-order valence-electron chi connectivity index (χ4n) is 7.23. The fraction of sp³-hybridized carbons (Fsp3) is 0.245. The first-order chi connectivity index (χ1) is 28.2. The van der Waals surface area contributed by atoms with Gasteiger partial charge < -0.3 is 35.1 Å². The summed E-state index contributed by atoms with van der Waals surface area (Å²) in [7, 11) is 2.02. The minimum atomic E-state index is -0.650. The first-order valence-electron chi connectivity index (χ1n) is 19.7. The Kier molecular flexibility index (Phi) is 13.3. The zero-order valence-electron chi connectivity index (χ0n) is 33.1. The lowest BCUT2D eigenvalue weighted by Crippen LogP contribution is -2.46. The first kappa shape index (κ1) is 40.4. The van der Waals surface area contributed by atoms with Crippen LogP contribution >= 0.6 is 0 Å². The van der Waals surface area contributed by atoms with E-state index in [1.165, 1.54) is 0 Å². The van der Waals surface area contributed by atoms with E-state index in [1.54, 1.807) is 12.1 Å². The van der Waals surface area contributed by atoms with Crippen molar-refractivity contribution < 1.29 is 29.2 Å². The van der Waals surface area contributed by atoms with E-state index in [1.807, 2.05) is 135 Å². The molecule has 0 radical (unpaired) electrons. The number of hydrogen-bond acceptors (Lipinski definition) is 7. The van der Waals surface area contributed by atoms with E-state index in [0.717, 1.165) is 44.7 Å². The third-order valence-electron chi connectivity index (χ3n) is 10.9. The molecule has 1 heterocycles. The predicted molar refractivity (Wildman–Crippen MR) is 227 cm³/mol. The molecule has 9 heteroatoms. The van der Waals surface area contributed by atoms with Crippen LogP contribution in [-0.4, -0.2) is 46.9 Å². The second-order valence-corrected chi connectivity index (χ2v) is 14.9. The van der Waals surface area contributed by atoms with Crippen LogP contribution < -0.4 is 15.4 Å². The number of carbonyl (C=O) groups is 1. The van der Waals surface area contributed by atoms with Gasteiger partial charge in [0.05, 0.1) is 24.9 Å². The molecule has 4 N–H and O–H groups in total. The van der Waals surface area contributed by atoms with Gasteiger partial charge in [-0.05, 0) is 89.8 Å². The van der Waals surface area contributed by atoms with Gasteiger partial charge in [0.25, 0.3) is 0 Å². The summed E-state index contributed by atoms with van der Waals surface area (Å²) in [5.41, 5.74) is 7.30. The van der Waals surface area contributed by atoms with Crippen molar-refractivity contribution in [2.45, 2.75) is 57.6 Å². The standard InChI is InChI=1S/C49H51N3O6/c1-33-45(31-52(3)34(2)46(54)38-12-6-4-7-13-38)57-48(58-47(33)39-19-17-35(32-53)18-20-39)40-23-21-37(22-24-40)41-14-10-11-36(29-41)30-50-49(55)51-42-25-27-44(28-26-42)56-43-15-8-5-9-16-43/h4-29,33-34,45-48,53-54H,30-32H2,1-3H3,(H2,50,51,55)/t33-,34+,45+,46+,47+,48+/m1/s1. The van der Waals surface area contributed by atoms with Crippen LogP contribution in [0.3, 0.4) is 0 Å². The predicted octanol–water partition coefficient (Wildman–Crippen LogP) is 9.81. The van der Waals surface area contributed by atoms with Gasteiger partial charge in [0.1, 0.15) is 11.5 Å². The van der Waals surface area contributed by atoms with Gasteiger partial charge in [-0.15, -0.1) is 0 Å². The minimum Gasteiger partial charge on any atom is -0.457 e. The van der Waals surface area contributed by atoms with Crippen molar-refractivity contribution in [3.8, 4) is 22.6 Å². The summed E-state index contributed by atoms with van der Waals surface area (Å²) in [6.07, 6.45) is -1.73. The highest BCUT2D eigenvalue weighted by atomic mass is 16.7. The molecule has 0 aromatic heterocycles. The van der Waals surface area contributed by atoms with Gasteiger partial charge in [0, 0.05) is 36.3 Å². The lowest BCUT2D eigenvalue weighted by atomic mass is 9.89. The molecule has 0 bridgehead atoms. The van der Waals surface area contributed by atoms with Crippen molar-refractivity contribution in [1.29, 1.82) is 0 Å². The summed E-state index contributed by atoms with van der Waals surface area (Å²) in [5.74, 6) is 1.43. The molecule has 6 aromatic rings. The van der Waals surface area contributed by atoms with Crippen molar-refractivity contribution in [2.75, 3.05) is 18.9 Å². The summed E-state index contributed by atoms with van der Waals surface area (Å²) < 4.78 is 19.3. The van der Waals surface area contributed by atoms with Gasteiger partial charge in [0.15, 0.2) is 6.29 Å². The average molecular weight is 778 g/mol. The largest absolute Gasteiger partial charge is 0.457 e. The summed E-state index contributed by atoms with van der Waals surface area (Å²) in [4.78, 5) is 14.9. The molecule has 6 atom stereocenters. The number of likely N-dealkylation sites (N-methyl/N-ethyl adjacent to an activating group) is 1.